The summed E-state index contributed by atoms with van der Waals surface area (Å²) < 4.78 is 5.67. The predicted octanol–water partition coefficient (Wildman–Crippen LogP) is 5.07. The molecule has 1 aliphatic rings. The zero-order chi connectivity index (χ0) is 21.0. The monoisotopic (exact) mass is 414 g/mol. The van der Waals surface area contributed by atoms with Gasteiger partial charge in [0.2, 0.25) is 0 Å². The number of piperidine rings is 1. The van der Waals surface area contributed by atoms with Crippen molar-refractivity contribution in [3.63, 3.8) is 0 Å². The molecule has 6 heteroatoms. The molecule has 0 bridgehead atoms. The van der Waals surface area contributed by atoms with Gasteiger partial charge < -0.3 is 15.0 Å². The van der Waals surface area contributed by atoms with Crippen molar-refractivity contribution in [1.29, 1.82) is 0 Å². The number of nitrogens with one attached hydrogen (secondary N) is 1. The number of halogens is 1. The van der Waals surface area contributed by atoms with Crippen LogP contribution in [0.3, 0.4) is 0 Å². The number of likely N-dealkylation sites (tertiary alicyclic amines) is 1. The highest BCUT2D eigenvalue weighted by atomic mass is 35.5. The molecule has 1 saturated heterocycles. The van der Waals surface area contributed by atoms with Crippen LogP contribution >= 0.6 is 11.6 Å². The van der Waals surface area contributed by atoms with Gasteiger partial charge in [-0.05, 0) is 82.0 Å². The quantitative estimate of drug-likeness (QED) is 0.743. The Morgan fingerprint density at radius 1 is 1.10 bits per heavy atom. The van der Waals surface area contributed by atoms with Crippen LogP contribution in [0.1, 0.15) is 49.0 Å². The van der Waals surface area contributed by atoms with Crippen LogP contribution in [0.25, 0.3) is 0 Å². The van der Waals surface area contributed by atoms with Gasteiger partial charge in [0, 0.05) is 28.4 Å². The summed E-state index contributed by atoms with van der Waals surface area (Å²) in [6, 6.07) is 12.6. The van der Waals surface area contributed by atoms with E-state index < -0.39 is 0 Å². The summed E-state index contributed by atoms with van der Waals surface area (Å²) in [5, 5.41) is 3.43. The van der Waals surface area contributed by atoms with Crippen LogP contribution in [0.2, 0.25) is 5.02 Å². The zero-order valence-electron chi connectivity index (χ0n) is 17.1. The average molecular weight is 415 g/mol. The molecule has 0 spiro atoms. The van der Waals surface area contributed by atoms with Crippen molar-refractivity contribution >= 4 is 29.1 Å². The molecule has 154 valence electrons. The highest BCUT2D eigenvalue weighted by molar-refractivity contribution is 6.31. The van der Waals surface area contributed by atoms with Gasteiger partial charge in [0.25, 0.3) is 11.8 Å². The van der Waals surface area contributed by atoms with Gasteiger partial charge in [0.05, 0.1) is 0 Å². The second-order valence-electron chi connectivity index (χ2n) is 7.66. The van der Waals surface area contributed by atoms with E-state index in [0.717, 1.165) is 24.8 Å². The fourth-order valence-corrected chi connectivity index (χ4v) is 3.93. The van der Waals surface area contributed by atoms with Gasteiger partial charge >= 0.3 is 0 Å². The Labute approximate surface area is 177 Å². The largest absolute Gasteiger partial charge is 0.484 e. The smallest absolute Gasteiger partial charge is 0.260 e. The highest BCUT2D eigenvalue weighted by Gasteiger charge is 2.28. The van der Waals surface area contributed by atoms with Crippen molar-refractivity contribution in [2.24, 2.45) is 0 Å². The van der Waals surface area contributed by atoms with E-state index in [9.17, 15) is 9.59 Å². The molecule has 0 aliphatic carbocycles. The molecule has 1 fully saturated rings. The third kappa shape index (κ3) is 5.30. The lowest BCUT2D eigenvalue weighted by Gasteiger charge is -2.38. The molecule has 2 atom stereocenters. The Morgan fingerprint density at radius 2 is 1.76 bits per heavy atom. The average Bonchev–Trinajstić information content (AvgIpc) is 2.69. The standard InChI is InChI=1S/C23H27ClN2O3/c1-15-7-10-19(24)13-21(15)25-23(28)18-8-11-20(12-9-18)29-14-22(27)26-16(2)5-4-6-17(26)3/h7-13,16-17H,4-6,14H2,1-3H3,(H,25,28). The second kappa shape index (κ2) is 9.31. The predicted molar refractivity (Wildman–Crippen MR) is 116 cm³/mol. The molecule has 1 N–H and O–H groups in total. The van der Waals surface area contributed by atoms with Gasteiger partial charge in [-0.15, -0.1) is 0 Å². The maximum absolute atomic E-state index is 12.6. The Balaban J connectivity index is 1.57. The molecule has 0 saturated carbocycles. The van der Waals surface area contributed by atoms with E-state index in [1.165, 1.54) is 0 Å². The Kier molecular flexibility index (Phi) is 6.80. The van der Waals surface area contributed by atoms with E-state index in [0.29, 0.717) is 22.0 Å². The normalized spacial score (nSPS) is 19.0. The van der Waals surface area contributed by atoms with Crippen LogP contribution in [-0.4, -0.2) is 35.4 Å². The van der Waals surface area contributed by atoms with Crippen molar-refractivity contribution in [3.05, 3.63) is 58.6 Å². The molecular weight excluding hydrogens is 388 g/mol. The molecule has 2 amide bonds. The lowest BCUT2D eigenvalue weighted by molar-refractivity contribution is -0.139. The van der Waals surface area contributed by atoms with Crippen molar-refractivity contribution in [2.75, 3.05) is 11.9 Å². The van der Waals surface area contributed by atoms with Crippen LogP contribution in [0.4, 0.5) is 5.69 Å². The van der Waals surface area contributed by atoms with E-state index in [2.05, 4.69) is 19.2 Å². The van der Waals surface area contributed by atoms with Crippen LogP contribution in [-0.2, 0) is 4.79 Å². The number of nitrogens with zero attached hydrogens (tertiary/aromatic N) is 1. The summed E-state index contributed by atoms with van der Waals surface area (Å²) in [5.41, 5.74) is 2.11. The molecule has 1 heterocycles. The minimum atomic E-state index is -0.228. The number of ether oxygens (including phenoxy) is 1. The molecule has 0 radical (unpaired) electrons. The van der Waals surface area contributed by atoms with E-state index in [4.69, 9.17) is 16.3 Å². The number of carbonyl (C=O) groups is 2. The lowest BCUT2D eigenvalue weighted by atomic mass is 9.97. The molecule has 2 aromatic carbocycles. The number of hydrogen-bond donors (Lipinski definition) is 1. The number of carbonyl (C=O) groups excluding carboxylic acids is 2. The Bertz CT molecular complexity index is 872. The number of benzene rings is 2. The van der Waals surface area contributed by atoms with Crippen LogP contribution in [0.15, 0.2) is 42.5 Å². The van der Waals surface area contributed by atoms with Gasteiger partial charge in [0.1, 0.15) is 5.75 Å². The minimum absolute atomic E-state index is 0.00192. The molecular formula is C23H27ClN2O3. The van der Waals surface area contributed by atoms with Gasteiger partial charge in [-0.3, -0.25) is 9.59 Å². The van der Waals surface area contributed by atoms with Crippen LogP contribution < -0.4 is 10.1 Å². The summed E-state index contributed by atoms with van der Waals surface area (Å²) in [7, 11) is 0. The summed E-state index contributed by atoms with van der Waals surface area (Å²) in [5.74, 6) is 0.336. The van der Waals surface area contributed by atoms with Crippen LogP contribution in [0, 0.1) is 6.92 Å². The van der Waals surface area contributed by atoms with E-state index in [1.54, 1.807) is 36.4 Å². The van der Waals surface area contributed by atoms with E-state index in [1.807, 2.05) is 17.9 Å². The fraction of sp³-hybridized carbons (Fsp3) is 0.391. The van der Waals surface area contributed by atoms with Gasteiger partial charge in [-0.2, -0.15) is 0 Å². The highest BCUT2D eigenvalue weighted by Crippen LogP contribution is 2.23. The maximum atomic E-state index is 12.6. The third-order valence-electron chi connectivity index (χ3n) is 5.41. The zero-order valence-corrected chi connectivity index (χ0v) is 17.8. The summed E-state index contributed by atoms with van der Waals surface area (Å²) in [6.45, 7) is 6.08. The summed E-state index contributed by atoms with van der Waals surface area (Å²) in [6.07, 6.45) is 3.23. The number of anilines is 1. The first-order chi connectivity index (χ1) is 13.8. The molecule has 1 aliphatic heterocycles. The first kappa shape index (κ1) is 21.2. The number of aryl methyl sites for hydroxylation is 1. The van der Waals surface area contributed by atoms with Crippen molar-refractivity contribution in [3.8, 4) is 5.75 Å². The second-order valence-corrected chi connectivity index (χ2v) is 8.09. The Hall–Kier alpha value is -2.53. The Morgan fingerprint density at radius 3 is 2.41 bits per heavy atom. The summed E-state index contributed by atoms with van der Waals surface area (Å²) in [4.78, 5) is 27.0. The summed E-state index contributed by atoms with van der Waals surface area (Å²) >= 11 is 6.00. The van der Waals surface area contributed by atoms with E-state index >= 15 is 0 Å². The van der Waals surface area contributed by atoms with E-state index in [-0.39, 0.29) is 30.5 Å². The number of hydrogen-bond acceptors (Lipinski definition) is 3. The van der Waals surface area contributed by atoms with Crippen molar-refractivity contribution < 1.29 is 14.3 Å². The molecule has 2 aromatic rings. The van der Waals surface area contributed by atoms with Gasteiger partial charge in [-0.25, -0.2) is 0 Å². The lowest BCUT2D eigenvalue weighted by Crippen LogP contribution is -2.49. The first-order valence-electron chi connectivity index (χ1n) is 9.96. The van der Waals surface area contributed by atoms with Crippen molar-refractivity contribution in [2.45, 2.75) is 52.1 Å². The number of rotatable bonds is 5. The third-order valence-corrected chi connectivity index (χ3v) is 5.64. The SMILES string of the molecule is Cc1ccc(Cl)cc1NC(=O)c1ccc(OCC(=O)N2C(C)CCCC2C)cc1. The maximum Gasteiger partial charge on any atom is 0.260 e. The van der Waals surface area contributed by atoms with Crippen LogP contribution in [0.5, 0.6) is 5.75 Å². The molecule has 2 unspecified atom stereocenters. The fourth-order valence-electron chi connectivity index (χ4n) is 3.76. The minimum Gasteiger partial charge on any atom is -0.484 e. The molecule has 0 aromatic heterocycles. The van der Waals surface area contributed by atoms with Crippen molar-refractivity contribution in [1.82, 2.24) is 4.90 Å². The van der Waals surface area contributed by atoms with Gasteiger partial charge in [0.15, 0.2) is 6.61 Å². The molecule has 29 heavy (non-hydrogen) atoms. The molecule has 3 rings (SSSR count). The van der Waals surface area contributed by atoms with Gasteiger partial charge in [-0.1, -0.05) is 17.7 Å². The first-order valence-corrected chi connectivity index (χ1v) is 10.3. The number of amides is 2. The molecule has 5 nitrogen and oxygen atoms in total. The topological polar surface area (TPSA) is 58.6 Å².